The van der Waals surface area contributed by atoms with E-state index in [0.29, 0.717) is 17.4 Å². The van der Waals surface area contributed by atoms with Gasteiger partial charge in [0, 0.05) is 6.54 Å². The fraction of sp³-hybridized carbons (Fsp3) is 0.308. The van der Waals surface area contributed by atoms with Gasteiger partial charge in [-0.1, -0.05) is 6.07 Å². The molecule has 6 heteroatoms. The molecule has 0 spiro atoms. The Morgan fingerprint density at radius 2 is 2.26 bits per heavy atom. The molecule has 0 fully saturated rings. The number of pyridine rings is 1. The third-order valence-corrected chi connectivity index (χ3v) is 2.41. The topological polar surface area (TPSA) is 80.0 Å². The van der Waals surface area contributed by atoms with E-state index >= 15 is 0 Å². The zero-order valence-electron chi connectivity index (χ0n) is 10.9. The lowest BCUT2D eigenvalue weighted by Crippen LogP contribution is -2.24. The van der Waals surface area contributed by atoms with Gasteiger partial charge in [-0.15, -0.1) is 0 Å². The second kappa shape index (κ2) is 5.99. The average molecular weight is 260 g/mol. The number of oxazole rings is 1. The number of carbonyl (C=O) groups is 1. The summed E-state index contributed by atoms with van der Waals surface area (Å²) in [6.45, 7) is 4.78. The molecule has 19 heavy (non-hydrogen) atoms. The van der Waals surface area contributed by atoms with Gasteiger partial charge in [-0.25, -0.2) is 9.97 Å². The smallest absolute Gasteiger partial charge is 0.270 e. The van der Waals surface area contributed by atoms with Gasteiger partial charge >= 0.3 is 0 Å². The summed E-state index contributed by atoms with van der Waals surface area (Å²) in [4.78, 5) is 20.1. The number of hydrogen-bond acceptors (Lipinski definition) is 5. The first-order valence-electron chi connectivity index (χ1n) is 6.09. The molecular formula is C13H16N4O2. The van der Waals surface area contributed by atoms with E-state index in [0.717, 1.165) is 12.3 Å². The summed E-state index contributed by atoms with van der Waals surface area (Å²) in [5.74, 6) is 1.63. The maximum absolute atomic E-state index is 11.9. The number of nitrogens with one attached hydrogen (secondary N) is 2. The first-order chi connectivity index (χ1) is 9.19. The van der Waals surface area contributed by atoms with E-state index in [9.17, 15) is 4.79 Å². The van der Waals surface area contributed by atoms with Gasteiger partial charge in [-0.2, -0.15) is 0 Å². The van der Waals surface area contributed by atoms with E-state index < -0.39 is 0 Å². The maximum atomic E-state index is 11.9. The Kier molecular flexibility index (Phi) is 4.12. The number of amides is 1. The first-order valence-corrected chi connectivity index (χ1v) is 6.09. The van der Waals surface area contributed by atoms with Gasteiger partial charge in [0.2, 0.25) is 5.89 Å². The van der Waals surface area contributed by atoms with E-state index in [-0.39, 0.29) is 12.5 Å². The molecule has 2 aromatic heterocycles. The van der Waals surface area contributed by atoms with Gasteiger partial charge in [0.05, 0.1) is 12.7 Å². The van der Waals surface area contributed by atoms with Crippen LogP contribution in [-0.2, 0) is 6.54 Å². The standard InChI is InChI=1S/C13H16N4O2/c1-3-14-11-6-4-5-10(17-11)13(18)16-8-12-15-7-9(2)19-12/h4-7H,3,8H2,1-2H3,(H,14,17)(H,16,18). The van der Waals surface area contributed by atoms with Gasteiger partial charge in [0.25, 0.3) is 5.91 Å². The van der Waals surface area contributed by atoms with Crippen LogP contribution >= 0.6 is 0 Å². The number of hydrogen-bond donors (Lipinski definition) is 2. The Hall–Kier alpha value is -2.37. The lowest BCUT2D eigenvalue weighted by molar-refractivity contribution is 0.0942. The normalized spacial score (nSPS) is 10.2. The van der Waals surface area contributed by atoms with Crippen molar-refractivity contribution in [2.45, 2.75) is 20.4 Å². The van der Waals surface area contributed by atoms with Gasteiger partial charge in [0.1, 0.15) is 17.3 Å². The van der Waals surface area contributed by atoms with Gasteiger partial charge in [-0.05, 0) is 26.0 Å². The zero-order chi connectivity index (χ0) is 13.7. The molecule has 2 heterocycles. The lowest BCUT2D eigenvalue weighted by Gasteiger charge is -2.05. The SMILES string of the molecule is CCNc1cccc(C(=O)NCc2ncc(C)o2)n1. The van der Waals surface area contributed by atoms with Crippen LogP contribution in [0, 0.1) is 6.92 Å². The van der Waals surface area contributed by atoms with Crippen molar-refractivity contribution in [3.63, 3.8) is 0 Å². The van der Waals surface area contributed by atoms with E-state index in [1.807, 2.05) is 13.0 Å². The molecule has 0 unspecified atom stereocenters. The van der Waals surface area contributed by atoms with E-state index in [1.54, 1.807) is 25.3 Å². The minimum atomic E-state index is -0.254. The minimum absolute atomic E-state index is 0.250. The highest BCUT2D eigenvalue weighted by Crippen LogP contribution is 2.05. The van der Waals surface area contributed by atoms with Gasteiger partial charge < -0.3 is 15.1 Å². The highest BCUT2D eigenvalue weighted by molar-refractivity contribution is 5.92. The number of anilines is 1. The third kappa shape index (κ3) is 3.54. The van der Waals surface area contributed by atoms with E-state index in [2.05, 4.69) is 20.6 Å². The number of aryl methyl sites for hydroxylation is 1. The van der Waals surface area contributed by atoms with Crippen molar-refractivity contribution >= 4 is 11.7 Å². The molecule has 1 amide bonds. The molecule has 2 N–H and O–H groups in total. The summed E-state index contributed by atoms with van der Waals surface area (Å²) in [6, 6.07) is 5.27. The third-order valence-electron chi connectivity index (χ3n) is 2.41. The minimum Gasteiger partial charge on any atom is -0.444 e. The molecule has 0 saturated heterocycles. The predicted molar refractivity (Wildman–Crippen MR) is 70.8 cm³/mol. The van der Waals surface area contributed by atoms with Crippen LogP contribution in [0.3, 0.4) is 0 Å². The Bertz CT molecular complexity index is 565. The number of nitrogens with zero attached hydrogens (tertiary/aromatic N) is 2. The highest BCUT2D eigenvalue weighted by atomic mass is 16.4. The molecule has 6 nitrogen and oxygen atoms in total. The summed E-state index contributed by atoms with van der Waals surface area (Å²) in [5, 5.41) is 5.77. The molecule has 0 radical (unpaired) electrons. The first kappa shape index (κ1) is 13.1. The highest BCUT2D eigenvalue weighted by Gasteiger charge is 2.09. The van der Waals surface area contributed by atoms with Crippen LogP contribution in [-0.4, -0.2) is 22.4 Å². The fourth-order valence-corrected chi connectivity index (χ4v) is 1.57. The van der Waals surface area contributed by atoms with Gasteiger partial charge in [-0.3, -0.25) is 4.79 Å². The maximum Gasteiger partial charge on any atom is 0.270 e. The van der Waals surface area contributed by atoms with Crippen LogP contribution in [0.5, 0.6) is 0 Å². The quantitative estimate of drug-likeness (QED) is 0.856. The number of aromatic nitrogens is 2. The van der Waals surface area contributed by atoms with Crippen LogP contribution in [0.4, 0.5) is 5.82 Å². The van der Waals surface area contributed by atoms with Crippen LogP contribution in [0.25, 0.3) is 0 Å². The van der Waals surface area contributed by atoms with Crippen molar-refractivity contribution in [2.75, 3.05) is 11.9 Å². The van der Waals surface area contributed by atoms with Gasteiger partial charge in [0.15, 0.2) is 0 Å². The summed E-state index contributed by atoms with van der Waals surface area (Å²) >= 11 is 0. The van der Waals surface area contributed by atoms with Crippen LogP contribution in [0.2, 0.25) is 0 Å². The summed E-state index contributed by atoms with van der Waals surface area (Å²) in [7, 11) is 0. The second-order valence-electron chi connectivity index (χ2n) is 3.99. The molecule has 2 rings (SSSR count). The fourth-order valence-electron chi connectivity index (χ4n) is 1.57. The Morgan fingerprint density at radius 3 is 2.95 bits per heavy atom. The van der Waals surface area contributed by atoms with Crippen molar-refractivity contribution in [3.8, 4) is 0 Å². The van der Waals surface area contributed by atoms with E-state index in [4.69, 9.17) is 4.42 Å². The Balaban J connectivity index is 1.97. The zero-order valence-corrected chi connectivity index (χ0v) is 10.9. The summed E-state index contributed by atoms with van der Waals surface area (Å²) < 4.78 is 5.27. The molecule has 0 atom stereocenters. The second-order valence-corrected chi connectivity index (χ2v) is 3.99. The largest absolute Gasteiger partial charge is 0.444 e. The van der Waals surface area contributed by atoms with Crippen molar-refractivity contribution in [2.24, 2.45) is 0 Å². The molecule has 0 aliphatic carbocycles. The molecule has 2 aromatic rings. The van der Waals surface area contributed by atoms with E-state index in [1.165, 1.54) is 0 Å². The van der Waals surface area contributed by atoms with Crippen LogP contribution in [0.15, 0.2) is 28.8 Å². The molecule has 0 bridgehead atoms. The molecule has 0 aliphatic rings. The molecule has 0 aromatic carbocycles. The van der Waals surface area contributed by atoms with Crippen molar-refractivity contribution in [1.82, 2.24) is 15.3 Å². The molecule has 0 aliphatic heterocycles. The average Bonchev–Trinajstić information content (AvgIpc) is 2.82. The molecular weight excluding hydrogens is 244 g/mol. The Morgan fingerprint density at radius 1 is 1.42 bits per heavy atom. The predicted octanol–water partition coefficient (Wildman–Crippen LogP) is 1.74. The summed E-state index contributed by atoms with van der Waals surface area (Å²) in [5.41, 5.74) is 0.363. The lowest BCUT2D eigenvalue weighted by atomic mass is 10.3. The monoisotopic (exact) mass is 260 g/mol. The van der Waals surface area contributed by atoms with Crippen LogP contribution in [0.1, 0.15) is 29.1 Å². The van der Waals surface area contributed by atoms with Crippen molar-refractivity contribution < 1.29 is 9.21 Å². The summed E-state index contributed by atoms with van der Waals surface area (Å²) in [6.07, 6.45) is 1.62. The number of carbonyl (C=O) groups excluding carboxylic acids is 1. The Labute approximate surface area is 111 Å². The molecule has 100 valence electrons. The number of rotatable bonds is 5. The van der Waals surface area contributed by atoms with Crippen LogP contribution < -0.4 is 10.6 Å². The van der Waals surface area contributed by atoms with Crippen molar-refractivity contribution in [1.29, 1.82) is 0 Å². The van der Waals surface area contributed by atoms with Crippen molar-refractivity contribution in [3.05, 3.63) is 41.7 Å². The molecule has 0 saturated carbocycles.